The number of carbonyl (C=O) groups excluding carboxylic acids is 2. The molecule has 4 rings (SSSR count). The summed E-state index contributed by atoms with van der Waals surface area (Å²) >= 11 is -1.76. The number of rotatable bonds is 5. The molecule has 0 saturated carbocycles. The zero-order chi connectivity index (χ0) is 20.1. The molecule has 28 heavy (non-hydrogen) atoms. The molecule has 142 valence electrons. The van der Waals surface area contributed by atoms with Crippen LogP contribution in [0.3, 0.4) is 0 Å². The van der Waals surface area contributed by atoms with Crippen LogP contribution >= 0.6 is 0 Å². The molecule has 0 bridgehead atoms. The van der Waals surface area contributed by atoms with Gasteiger partial charge in [-0.3, -0.25) is 0 Å². The van der Waals surface area contributed by atoms with Crippen LogP contribution in [0.25, 0.3) is 0 Å². The molecule has 2 heterocycles. The predicted octanol–water partition coefficient (Wildman–Crippen LogP) is -0.328. The summed E-state index contributed by atoms with van der Waals surface area (Å²) in [6, 6.07) is 12.8. The zero-order valence-corrected chi connectivity index (χ0v) is 17.4. The molecule has 2 amide bonds. The Morgan fingerprint density at radius 2 is 1.07 bits per heavy atom. The second kappa shape index (κ2) is 6.46. The first-order chi connectivity index (χ1) is 13.3. The first-order valence-corrected chi connectivity index (χ1v) is 14.0. The Balaban J connectivity index is 1.77. The van der Waals surface area contributed by atoms with E-state index in [1.807, 2.05) is 0 Å². The second-order valence-corrected chi connectivity index (χ2v) is 13.0. The van der Waals surface area contributed by atoms with Gasteiger partial charge in [-0.2, -0.15) is 0 Å². The molecule has 2 aliphatic heterocycles. The Morgan fingerprint density at radius 1 is 0.714 bits per heavy atom. The van der Waals surface area contributed by atoms with Crippen LogP contribution < -0.4 is 10.6 Å². The Bertz CT molecular complexity index is 974. The number of carbonyl (C=O) groups is 4. The van der Waals surface area contributed by atoms with Crippen LogP contribution in [0.2, 0.25) is 0 Å². The van der Waals surface area contributed by atoms with E-state index < -0.39 is 58.9 Å². The fourth-order valence-electron chi connectivity index (χ4n) is 3.23. The van der Waals surface area contributed by atoms with Crippen molar-refractivity contribution in [2.45, 2.75) is 8.87 Å². The van der Waals surface area contributed by atoms with E-state index >= 15 is 0 Å². The molecule has 2 aromatic carbocycles. The average molecular weight is 510 g/mol. The van der Waals surface area contributed by atoms with Gasteiger partial charge in [-0.15, -0.1) is 0 Å². The third-order valence-electron chi connectivity index (χ3n) is 4.58. The van der Waals surface area contributed by atoms with Crippen molar-refractivity contribution in [3.8, 4) is 0 Å². The quantitative estimate of drug-likeness (QED) is 0.408. The number of fused-ring (bicyclic) bond motifs is 2. The molecular weight excluding hydrogens is 498 g/mol. The molecule has 0 aliphatic carbocycles. The number of carboxylic acids is 2. The molecule has 10 heteroatoms. The van der Waals surface area contributed by atoms with E-state index in [2.05, 4.69) is 10.6 Å². The van der Waals surface area contributed by atoms with Gasteiger partial charge in [0.05, 0.1) is 0 Å². The molecule has 2 aromatic rings. The Labute approximate surface area is 169 Å². The molecule has 0 radical (unpaired) electrons. The van der Waals surface area contributed by atoms with E-state index in [1.165, 1.54) is 12.1 Å². The SMILES string of the molecule is O=C1NC([Se][Se]C2(C(=O)O)NC(=O)c3ccccc32)(C(=O)O)c2ccccc21. The summed E-state index contributed by atoms with van der Waals surface area (Å²) in [6.07, 6.45) is 0. The summed E-state index contributed by atoms with van der Waals surface area (Å²) in [7, 11) is 0. The van der Waals surface area contributed by atoms with Crippen LogP contribution in [0.4, 0.5) is 0 Å². The van der Waals surface area contributed by atoms with Gasteiger partial charge in [0.2, 0.25) is 0 Å². The van der Waals surface area contributed by atoms with E-state index in [9.17, 15) is 29.4 Å². The van der Waals surface area contributed by atoms with E-state index in [0.717, 1.165) is 0 Å². The Kier molecular flexibility index (Phi) is 4.32. The van der Waals surface area contributed by atoms with Crippen LogP contribution in [0.15, 0.2) is 48.5 Å². The van der Waals surface area contributed by atoms with Crippen molar-refractivity contribution in [2.75, 3.05) is 0 Å². The maximum absolute atomic E-state index is 12.3. The van der Waals surface area contributed by atoms with Crippen molar-refractivity contribution < 1.29 is 29.4 Å². The zero-order valence-electron chi connectivity index (χ0n) is 14.0. The standard InChI is InChI=1S/C18H12N2O6Se2/c21-13-9-5-1-3-7-11(9)17(19-13,15(23)24)27-28-18(16(25)26)12-8-4-2-6-10(12)14(22)20-18/h1-8H,(H,19,21)(H,20,22)(H,23,24)(H,25,26). The number of hydrogen-bond acceptors (Lipinski definition) is 4. The first kappa shape index (κ1) is 18.7. The third kappa shape index (κ3) is 2.50. The van der Waals surface area contributed by atoms with Gasteiger partial charge >= 0.3 is 170 Å². The van der Waals surface area contributed by atoms with E-state index in [4.69, 9.17) is 0 Å². The van der Waals surface area contributed by atoms with Gasteiger partial charge in [-0.25, -0.2) is 0 Å². The van der Waals surface area contributed by atoms with E-state index in [-0.39, 0.29) is 11.1 Å². The van der Waals surface area contributed by atoms with Crippen LogP contribution in [-0.4, -0.2) is 60.2 Å². The van der Waals surface area contributed by atoms with Crippen molar-refractivity contribution in [3.63, 3.8) is 0 Å². The summed E-state index contributed by atoms with van der Waals surface area (Å²) in [6.45, 7) is 0. The molecular formula is C18H12N2O6Se2. The van der Waals surface area contributed by atoms with Gasteiger partial charge in [-0.1, -0.05) is 0 Å². The monoisotopic (exact) mass is 512 g/mol. The number of nitrogens with one attached hydrogen (secondary N) is 2. The van der Waals surface area contributed by atoms with Gasteiger partial charge in [0.1, 0.15) is 0 Å². The number of amides is 2. The van der Waals surface area contributed by atoms with Crippen molar-refractivity contribution >= 4 is 50.0 Å². The van der Waals surface area contributed by atoms with Gasteiger partial charge in [0.25, 0.3) is 0 Å². The number of carboxylic acid groups (broad SMARTS) is 2. The van der Waals surface area contributed by atoms with Crippen LogP contribution in [-0.2, 0) is 18.5 Å². The fraction of sp³-hybridized carbons (Fsp3) is 0.111. The van der Waals surface area contributed by atoms with E-state index in [0.29, 0.717) is 11.1 Å². The summed E-state index contributed by atoms with van der Waals surface area (Å²) in [5.41, 5.74) is 1.19. The van der Waals surface area contributed by atoms with Crippen molar-refractivity contribution in [1.29, 1.82) is 0 Å². The number of hydrogen-bond donors (Lipinski definition) is 4. The second-order valence-electron chi connectivity index (χ2n) is 6.14. The summed E-state index contributed by atoms with van der Waals surface area (Å²) in [5, 5.41) is 25.0. The third-order valence-corrected chi connectivity index (χ3v) is 14.2. The first-order valence-electron chi connectivity index (χ1n) is 7.99. The minimum atomic E-state index is -1.68. The molecule has 0 aromatic heterocycles. The number of benzene rings is 2. The predicted molar refractivity (Wildman–Crippen MR) is 98.0 cm³/mol. The maximum atomic E-state index is 12.3. The molecule has 0 fully saturated rings. The molecule has 8 nitrogen and oxygen atoms in total. The normalized spacial score (nSPS) is 24.9. The van der Waals surface area contributed by atoms with Gasteiger partial charge in [-0.05, 0) is 0 Å². The van der Waals surface area contributed by atoms with E-state index in [1.54, 1.807) is 36.4 Å². The molecule has 4 N–H and O–H groups in total. The summed E-state index contributed by atoms with van der Waals surface area (Å²) in [4.78, 5) is 49.0. The molecule has 2 atom stereocenters. The Morgan fingerprint density at radius 3 is 1.43 bits per heavy atom. The van der Waals surface area contributed by atoms with Crippen molar-refractivity contribution in [3.05, 3.63) is 70.8 Å². The summed E-state index contributed by atoms with van der Waals surface area (Å²) < 4.78 is -3.35. The number of aliphatic carboxylic acids is 2. The topological polar surface area (TPSA) is 133 Å². The molecule has 0 spiro atoms. The van der Waals surface area contributed by atoms with Crippen LogP contribution in [0, 0.1) is 0 Å². The Hall–Kier alpha value is -2.64. The fourth-order valence-corrected chi connectivity index (χ4v) is 12.9. The van der Waals surface area contributed by atoms with Gasteiger partial charge in [0, 0.05) is 0 Å². The van der Waals surface area contributed by atoms with Crippen molar-refractivity contribution in [1.82, 2.24) is 10.6 Å². The average Bonchev–Trinajstić information content (AvgIpc) is 3.14. The van der Waals surface area contributed by atoms with Gasteiger partial charge in [0.15, 0.2) is 0 Å². The minimum absolute atomic E-state index is 0.266. The van der Waals surface area contributed by atoms with Crippen LogP contribution in [0.5, 0.6) is 0 Å². The van der Waals surface area contributed by atoms with Crippen LogP contribution in [0.1, 0.15) is 31.8 Å². The molecule has 2 aliphatic rings. The molecule has 2 unspecified atom stereocenters. The molecule has 0 saturated heterocycles. The van der Waals surface area contributed by atoms with Gasteiger partial charge < -0.3 is 0 Å². The van der Waals surface area contributed by atoms with Crippen molar-refractivity contribution in [2.24, 2.45) is 0 Å². The summed E-state index contributed by atoms with van der Waals surface area (Å²) in [5.74, 6) is -3.50.